The Labute approximate surface area is 181 Å². The van der Waals surface area contributed by atoms with Gasteiger partial charge in [0.25, 0.3) is 15.9 Å². The van der Waals surface area contributed by atoms with Gasteiger partial charge < -0.3 is 5.32 Å². The summed E-state index contributed by atoms with van der Waals surface area (Å²) in [7, 11) is -3.80. The Hall–Kier alpha value is -3.19. The van der Waals surface area contributed by atoms with Crippen molar-refractivity contribution in [3.05, 3.63) is 88.7 Å². The molecule has 0 aliphatic carbocycles. The molecule has 0 saturated carbocycles. The Kier molecular flexibility index (Phi) is 5.54. The van der Waals surface area contributed by atoms with Gasteiger partial charge in [0.2, 0.25) is 0 Å². The minimum atomic E-state index is -3.80. The highest BCUT2D eigenvalue weighted by Gasteiger charge is 2.29. The van der Waals surface area contributed by atoms with Crippen LogP contribution in [0.5, 0.6) is 0 Å². The van der Waals surface area contributed by atoms with Crippen molar-refractivity contribution in [1.82, 2.24) is 0 Å². The quantitative estimate of drug-likeness (QED) is 0.634. The van der Waals surface area contributed by atoms with Gasteiger partial charge in [0.15, 0.2) is 0 Å². The standard InChI is InChI=1S/C24H23FN2O3S/c1-16-5-6-19(14-17(16)2)24(28)26-21-9-12-23-18(15-21)4-3-13-27(23)31(29,30)22-10-7-20(25)8-11-22/h5-12,14-15H,3-4,13H2,1-2H3,(H,26,28). The molecule has 0 atom stereocenters. The number of fused-ring (bicyclic) bond motifs is 1. The van der Waals surface area contributed by atoms with Gasteiger partial charge in [0, 0.05) is 17.8 Å². The zero-order valence-electron chi connectivity index (χ0n) is 17.4. The molecule has 3 aromatic carbocycles. The van der Waals surface area contributed by atoms with Crippen LogP contribution in [0.1, 0.15) is 33.5 Å². The molecule has 0 saturated heterocycles. The number of nitrogens with one attached hydrogen (secondary N) is 1. The lowest BCUT2D eigenvalue weighted by Gasteiger charge is -2.31. The Morgan fingerprint density at radius 1 is 0.968 bits per heavy atom. The van der Waals surface area contributed by atoms with Crippen molar-refractivity contribution in [3.63, 3.8) is 0 Å². The molecule has 1 amide bonds. The van der Waals surface area contributed by atoms with Crippen molar-refractivity contribution in [2.45, 2.75) is 31.6 Å². The second-order valence-corrected chi connectivity index (χ2v) is 9.59. The molecule has 0 fully saturated rings. The van der Waals surface area contributed by atoms with Crippen molar-refractivity contribution in [2.24, 2.45) is 0 Å². The van der Waals surface area contributed by atoms with Crippen LogP contribution in [0.3, 0.4) is 0 Å². The van der Waals surface area contributed by atoms with Crippen molar-refractivity contribution < 1.29 is 17.6 Å². The summed E-state index contributed by atoms with van der Waals surface area (Å²) in [6.45, 7) is 4.30. The van der Waals surface area contributed by atoms with E-state index >= 15 is 0 Å². The van der Waals surface area contributed by atoms with Gasteiger partial charge in [-0.05, 0) is 98.0 Å². The summed E-state index contributed by atoms with van der Waals surface area (Å²) in [5.41, 5.74) is 4.77. The average molecular weight is 439 g/mol. The summed E-state index contributed by atoms with van der Waals surface area (Å²) < 4.78 is 40.8. The van der Waals surface area contributed by atoms with E-state index in [0.717, 1.165) is 28.8 Å². The second kappa shape index (κ2) is 8.15. The monoisotopic (exact) mass is 438 g/mol. The van der Waals surface area contributed by atoms with Gasteiger partial charge in [-0.15, -0.1) is 0 Å². The number of hydrogen-bond donors (Lipinski definition) is 1. The third-order valence-electron chi connectivity index (χ3n) is 5.58. The number of sulfonamides is 1. The highest BCUT2D eigenvalue weighted by atomic mass is 32.2. The first-order chi connectivity index (χ1) is 14.8. The van der Waals surface area contributed by atoms with Gasteiger partial charge >= 0.3 is 0 Å². The van der Waals surface area contributed by atoms with Crippen LogP contribution in [0.25, 0.3) is 0 Å². The maximum atomic E-state index is 13.2. The van der Waals surface area contributed by atoms with Gasteiger partial charge in [0.1, 0.15) is 5.82 Å². The number of carbonyl (C=O) groups excluding carboxylic acids is 1. The SMILES string of the molecule is Cc1ccc(C(=O)Nc2ccc3c(c2)CCCN3S(=O)(=O)c2ccc(F)cc2)cc1C. The number of rotatable bonds is 4. The smallest absolute Gasteiger partial charge is 0.264 e. The zero-order valence-corrected chi connectivity index (χ0v) is 18.2. The van der Waals surface area contributed by atoms with E-state index in [1.807, 2.05) is 32.0 Å². The molecule has 0 radical (unpaired) electrons. The molecule has 4 rings (SSSR count). The molecule has 0 unspecified atom stereocenters. The van der Waals surface area contributed by atoms with E-state index in [2.05, 4.69) is 5.32 Å². The Morgan fingerprint density at radius 2 is 1.71 bits per heavy atom. The van der Waals surface area contributed by atoms with Gasteiger partial charge in [-0.3, -0.25) is 9.10 Å². The molecular weight excluding hydrogens is 415 g/mol. The van der Waals surface area contributed by atoms with Crippen LogP contribution in [0.4, 0.5) is 15.8 Å². The number of halogens is 1. The predicted octanol–water partition coefficient (Wildman–Crippen LogP) is 4.84. The molecule has 5 nitrogen and oxygen atoms in total. The van der Waals surface area contributed by atoms with Crippen molar-refractivity contribution in [2.75, 3.05) is 16.2 Å². The summed E-state index contributed by atoms with van der Waals surface area (Å²) in [6, 6.07) is 15.6. The third-order valence-corrected chi connectivity index (χ3v) is 7.41. The Balaban J connectivity index is 1.60. The highest BCUT2D eigenvalue weighted by molar-refractivity contribution is 7.92. The van der Waals surface area contributed by atoms with E-state index in [0.29, 0.717) is 36.3 Å². The normalized spacial score (nSPS) is 13.6. The van der Waals surface area contributed by atoms with Gasteiger partial charge in [-0.1, -0.05) is 6.07 Å². The maximum Gasteiger partial charge on any atom is 0.264 e. The second-order valence-electron chi connectivity index (χ2n) is 7.73. The number of benzene rings is 3. The minimum Gasteiger partial charge on any atom is -0.322 e. The number of hydrogen-bond acceptors (Lipinski definition) is 3. The van der Waals surface area contributed by atoms with Crippen molar-refractivity contribution >= 4 is 27.3 Å². The van der Waals surface area contributed by atoms with E-state index in [9.17, 15) is 17.6 Å². The third kappa shape index (κ3) is 4.18. The van der Waals surface area contributed by atoms with Crippen LogP contribution < -0.4 is 9.62 Å². The van der Waals surface area contributed by atoms with Gasteiger partial charge in [0.05, 0.1) is 10.6 Å². The van der Waals surface area contributed by atoms with Crippen LogP contribution in [0.2, 0.25) is 0 Å². The van der Waals surface area contributed by atoms with Crippen molar-refractivity contribution in [3.8, 4) is 0 Å². The number of aryl methyl sites for hydroxylation is 3. The summed E-state index contributed by atoms with van der Waals surface area (Å²) in [4.78, 5) is 12.7. The molecule has 1 N–H and O–H groups in total. The number of anilines is 2. The first-order valence-electron chi connectivity index (χ1n) is 10.1. The minimum absolute atomic E-state index is 0.0499. The lowest BCUT2D eigenvalue weighted by molar-refractivity contribution is 0.102. The Morgan fingerprint density at radius 3 is 2.42 bits per heavy atom. The molecular formula is C24H23FN2O3S. The number of carbonyl (C=O) groups is 1. The van der Waals surface area contributed by atoms with E-state index < -0.39 is 15.8 Å². The number of amides is 1. The fourth-order valence-corrected chi connectivity index (χ4v) is 5.25. The zero-order chi connectivity index (χ0) is 22.2. The van der Waals surface area contributed by atoms with E-state index in [1.165, 1.54) is 16.4 Å². The lowest BCUT2D eigenvalue weighted by atomic mass is 10.0. The molecule has 31 heavy (non-hydrogen) atoms. The van der Waals surface area contributed by atoms with E-state index in [-0.39, 0.29) is 10.8 Å². The summed E-state index contributed by atoms with van der Waals surface area (Å²) >= 11 is 0. The lowest BCUT2D eigenvalue weighted by Crippen LogP contribution is -2.35. The molecule has 0 spiro atoms. The summed E-state index contributed by atoms with van der Waals surface area (Å²) in [6.07, 6.45) is 1.36. The predicted molar refractivity (Wildman–Crippen MR) is 120 cm³/mol. The summed E-state index contributed by atoms with van der Waals surface area (Å²) in [5.74, 6) is -0.697. The first-order valence-corrected chi connectivity index (χ1v) is 11.5. The molecule has 0 bridgehead atoms. The topological polar surface area (TPSA) is 66.5 Å². The first kappa shape index (κ1) is 21.1. The fraction of sp³-hybridized carbons (Fsp3) is 0.208. The molecule has 0 aromatic heterocycles. The van der Waals surface area contributed by atoms with Crippen LogP contribution in [-0.2, 0) is 16.4 Å². The molecule has 7 heteroatoms. The number of nitrogens with zero attached hydrogens (tertiary/aromatic N) is 1. The van der Waals surface area contributed by atoms with E-state index in [1.54, 1.807) is 18.2 Å². The van der Waals surface area contributed by atoms with Gasteiger partial charge in [-0.25, -0.2) is 12.8 Å². The maximum absolute atomic E-state index is 13.2. The summed E-state index contributed by atoms with van der Waals surface area (Å²) in [5, 5.41) is 2.90. The highest BCUT2D eigenvalue weighted by Crippen LogP contribution is 2.34. The largest absolute Gasteiger partial charge is 0.322 e. The fourth-order valence-electron chi connectivity index (χ4n) is 3.71. The average Bonchev–Trinajstić information content (AvgIpc) is 2.75. The van der Waals surface area contributed by atoms with Crippen LogP contribution >= 0.6 is 0 Å². The van der Waals surface area contributed by atoms with Crippen LogP contribution in [0, 0.1) is 19.7 Å². The molecule has 1 heterocycles. The van der Waals surface area contributed by atoms with Crippen LogP contribution in [-0.4, -0.2) is 20.9 Å². The van der Waals surface area contributed by atoms with Gasteiger partial charge in [-0.2, -0.15) is 0 Å². The molecule has 1 aliphatic rings. The Bertz CT molecular complexity index is 1250. The van der Waals surface area contributed by atoms with E-state index in [4.69, 9.17) is 0 Å². The molecule has 1 aliphatic heterocycles. The van der Waals surface area contributed by atoms with Crippen LogP contribution in [0.15, 0.2) is 65.6 Å². The molecule has 3 aromatic rings. The molecule has 160 valence electrons. The van der Waals surface area contributed by atoms with Crippen molar-refractivity contribution in [1.29, 1.82) is 0 Å².